The fourth-order valence-electron chi connectivity index (χ4n) is 3.87. The van der Waals surface area contributed by atoms with Crippen LogP contribution < -0.4 is 0 Å². The molecule has 3 nitrogen and oxygen atoms in total. The average molecular weight is 358 g/mol. The Morgan fingerprint density at radius 3 is 2.19 bits per heavy atom. The Labute approximate surface area is 159 Å². The predicted molar refractivity (Wildman–Crippen MR) is 106 cm³/mol. The van der Waals surface area contributed by atoms with E-state index in [1.54, 1.807) is 0 Å². The quantitative estimate of drug-likeness (QED) is 0.476. The molecule has 0 radical (unpaired) electrons. The summed E-state index contributed by atoms with van der Waals surface area (Å²) in [4.78, 5) is 25.7. The minimum Gasteiger partial charge on any atom is -0.463 e. The maximum atomic E-state index is 13.0. The number of fused-ring (bicyclic) bond motifs is 1. The number of carbonyl (C=O) groups is 2. The lowest BCUT2D eigenvalue weighted by molar-refractivity contribution is -0.149. The minimum absolute atomic E-state index is 0.0134. The van der Waals surface area contributed by atoms with E-state index in [2.05, 4.69) is 24.3 Å². The van der Waals surface area contributed by atoms with Crippen LogP contribution in [-0.2, 0) is 9.53 Å². The van der Waals surface area contributed by atoms with Gasteiger partial charge in [0.25, 0.3) is 0 Å². The predicted octanol–water partition coefficient (Wildman–Crippen LogP) is 5.00. The molecule has 0 saturated heterocycles. The van der Waals surface area contributed by atoms with Crippen LogP contribution in [0.5, 0.6) is 0 Å². The Hall–Kier alpha value is -2.94. The Morgan fingerprint density at radius 2 is 1.48 bits per heavy atom. The van der Waals surface area contributed by atoms with Crippen molar-refractivity contribution in [1.29, 1.82) is 0 Å². The third-order valence-corrected chi connectivity index (χ3v) is 5.16. The first-order valence-corrected chi connectivity index (χ1v) is 9.34. The molecular weight excluding hydrogens is 336 g/mol. The number of hydrogen-bond acceptors (Lipinski definition) is 3. The lowest BCUT2D eigenvalue weighted by Gasteiger charge is -2.07. The molecule has 3 aromatic carbocycles. The van der Waals surface area contributed by atoms with Gasteiger partial charge in [-0.15, -0.1) is 0 Å². The summed E-state index contributed by atoms with van der Waals surface area (Å²) in [6.45, 7) is 3.67. The highest BCUT2D eigenvalue weighted by atomic mass is 16.5. The van der Waals surface area contributed by atoms with Crippen LogP contribution in [0.3, 0.4) is 0 Å². The number of Topliss-reactive ketones (excluding diaryl/α,β-unsaturated/α-hetero) is 1. The number of rotatable bonds is 5. The molecule has 1 aliphatic carbocycles. The second-order valence-electron chi connectivity index (χ2n) is 7.40. The summed E-state index contributed by atoms with van der Waals surface area (Å²) in [5.74, 6) is -1.17. The van der Waals surface area contributed by atoms with Crippen LogP contribution in [0.4, 0.5) is 0 Å². The molecule has 4 rings (SSSR count). The van der Waals surface area contributed by atoms with Gasteiger partial charge in [0.15, 0.2) is 5.78 Å². The van der Waals surface area contributed by atoms with Crippen LogP contribution in [0.25, 0.3) is 10.8 Å². The molecule has 1 aliphatic rings. The number of ketones is 1. The van der Waals surface area contributed by atoms with Crippen molar-refractivity contribution in [3.8, 4) is 0 Å². The highest BCUT2D eigenvalue weighted by Gasteiger charge is 2.60. The van der Waals surface area contributed by atoms with Gasteiger partial charge in [0.05, 0.1) is 12.0 Å². The number of ether oxygens (including phenoxy) is 1. The van der Waals surface area contributed by atoms with Crippen molar-refractivity contribution in [2.45, 2.75) is 25.9 Å². The smallest absolute Gasteiger partial charge is 0.310 e. The molecule has 3 atom stereocenters. The van der Waals surface area contributed by atoms with Crippen molar-refractivity contribution in [3.05, 3.63) is 83.9 Å². The monoisotopic (exact) mass is 358 g/mol. The van der Waals surface area contributed by atoms with Gasteiger partial charge in [-0.1, -0.05) is 72.8 Å². The third-order valence-electron chi connectivity index (χ3n) is 5.16. The maximum absolute atomic E-state index is 13.0. The molecule has 1 fully saturated rings. The molecule has 27 heavy (non-hydrogen) atoms. The zero-order chi connectivity index (χ0) is 19.0. The number of carbonyl (C=O) groups excluding carboxylic acids is 2. The Kier molecular flexibility index (Phi) is 4.53. The summed E-state index contributed by atoms with van der Waals surface area (Å²) in [5, 5.41) is 2.26. The van der Waals surface area contributed by atoms with Gasteiger partial charge in [-0.05, 0) is 30.2 Å². The highest BCUT2D eigenvalue weighted by molar-refractivity contribution is 6.04. The van der Waals surface area contributed by atoms with Crippen molar-refractivity contribution < 1.29 is 14.3 Å². The van der Waals surface area contributed by atoms with Crippen LogP contribution in [0.15, 0.2) is 72.8 Å². The summed E-state index contributed by atoms with van der Waals surface area (Å²) in [6, 6.07) is 23.5. The van der Waals surface area contributed by atoms with Gasteiger partial charge in [0, 0.05) is 17.4 Å². The molecule has 0 unspecified atom stereocenters. The van der Waals surface area contributed by atoms with E-state index in [0.29, 0.717) is 5.56 Å². The average Bonchev–Trinajstić information content (AvgIpc) is 3.43. The van der Waals surface area contributed by atoms with E-state index in [1.165, 1.54) is 0 Å². The van der Waals surface area contributed by atoms with E-state index < -0.39 is 5.92 Å². The lowest BCUT2D eigenvalue weighted by atomic mass is 10.0. The number of benzene rings is 3. The van der Waals surface area contributed by atoms with Gasteiger partial charge in [-0.2, -0.15) is 0 Å². The van der Waals surface area contributed by atoms with Crippen LogP contribution in [0.2, 0.25) is 0 Å². The summed E-state index contributed by atoms with van der Waals surface area (Å²) < 4.78 is 5.44. The Balaban J connectivity index is 1.68. The summed E-state index contributed by atoms with van der Waals surface area (Å²) in [7, 11) is 0. The highest BCUT2D eigenvalue weighted by Crippen LogP contribution is 2.56. The second kappa shape index (κ2) is 6.99. The molecule has 0 amide bonds. The topological polar surface area (TPSA) is 43.4 Å². The minimum atomic E-state index is -0.415. The fraction of sp³-hybridized carbons (Fsp3) is 0.250. The van der Waals surface area contributed by atoms with Crippen LogP contribution >= 0.6 is 0 Å². The van der Waals surface area contributed by atoms with Crippen LogP contribution in [-0.4, -0.2) is 17.9 Å². The number of esters is 1. The van der Waals surface area contributed by atoms with Crippen LogP contribution in [0, 0.1) is 11.8 Å². The fourth-order valence-corrected chi connectivity index (χ4v) is 3.87. The van der Waals surface area contributed by atoms with Crippen molar-refractivity contribution >= 4 is 22.5 Å². The van der Waals surface area contributed by atoms with Gasteiger partial charge in [0.2, 0.25) is 0 Å². The largest absolute Gasteiger partial charge is 0.463 e. The summed E-state index contributed by atoms with van der Waals surface area (Å²) in [5.41, 5.74) is 1.67. The van der Waals surface area contributed by atoms with E-state index in [0.717, 1.165) is 16.3 Å². The normalized spacial score (nSPS) is 21.2. The van der Waals surface area contributed by atoms with Gasteiger partial charge < -0.3 is 4.74 Å². The van der Waals surface area contributed by atoms with Gasteiger partial charge in [-0.25, -0.2) is 0 Å². The van der Waals surface area contributed by atoms with E-state index in [9.17, 15) is 9.59 Å². The molecule has 0 N–H and O–H groups in total. The zero-order valence-electron chi connectivity index (χ0n) is 15.5. The van der Waals surface area contributed by atoms with Crippen LogP contribution in [0.1, 0.15) is 35.7 Å². The standard InChI is InChI=1S/C24H22O3/c1-15(2)27-24(26)22-20(21(22)23(25)17-9-4-3-5-10-17)19-13-12-16-8-6-7-11-18(16)14-19/h3-15,20-22H,1-2H3/t20-,21-,22+/m0/s1. The molecule has 0 heterocycles. The van der Waals surface area contributed by atoms with Gasteiger partial charge in [-0.3, -0.25) is 9.59 Å². The van der Waals surface area contributed by atoms with Crippen molar-refractivity contribution in [2.24, 2.45) is 11.8 Å². The van der Waals surface area contributed by atoms with E-state index in [4.69, 9.17) is 4.74 Å². The molecular formula is C24H22O3. The molecule has 0 aliphatic heterocycles. The van der Waals surface area contributed by atoms with E-state index >= 15 is 0 Å². The zero-order valence-corrected chi connectivity index (χ0v) is 15.5. The SMILES string of the molecule is CC(C)OC(=O)[C@H]1[C@@H](C(=O)c2ccccc2)[C@@H]1c1ccc2ccccc2c1. The van der Waals surface area contributed by atoms with E-state index in [1.807, 2.05) is 62.4 Å². The molecule has 0 spiro atoms. The summed E-state index contributed by atoms with van der Waals surface area (Å²) >= 11 is 0. The molecule has 0 bridgehead atoms. The number of hydrogen-bond donors (Lipinski definition) is 0. The maximum Gasteiger partial charge on any atom is 0.310 e. The van der Waals surface area contributed by atoms with Crippen molar-refractivity contribution in [1.82, 2.24) is 0 Å². The molecule has 3 heteroatoms. The van der Waals surface area contributed by atoms with Gasteiger partial charge in [0.1, 0.15) is 0 Å². The first kappa shape index (κ1) is 17.5. The van der Waals surface area contributed by atoms with Crippen molar-refractivity contribution in [2.75, 3.05) is 0 Å². The van der Waals surface area contributed by atoms with Crippen molar-refractivity contribution in [3.63, 3.8) is 0 Å². The Bertz CT molecular complexity index is 991. The Morgan fingerprint density at radius 1 is 0.815 bits per heavy atom. The first-order chi connectivity index (χ1) is 13.1. The molecule has 3 aromatic rings. The first-order valence-electron chi connectivity index (χ1n) is 9.34. The third kappa shape index (κ3) is 3.37. The molecule has 0 aromatic heterocycles. The lowest BCUT2D eigenvalue weighted by Crippen LogP contribution is -2.16. The molecule has 1 saturated carbocycles. The second-order valence-corrected chi connectivity index (χ2v) is 7.40. The molecule has 136 valence electrons. The van der Waals surface area contributed by atoms with E-state index in [-0.39, 0.29) is 29.7 Å². The summed E-state index contributed by atoms with van der Waals surface area (Å²) in [6.07, 6.45) is -0.192. The van der Waals surface area contributed by atoms with Gasteiger partial charge >= 0.3 is 5.97 Å².